The van der Waals surface area contributed by atoms with E-state index in [2.05, 4.69) is 28.8 Å². The van der Waals surface area contributed by atoms with E-state index in [1.807, 2.05) is 85.1 Å². The van der Waals surface area contributed by atoms with Crippen molar-refractivity contribution in [3.63, 3.8) is 0 Å². The van der Waals surface area contributed by atoms with Gasteiger partial charge in [-0.25, -0.2) is 18.1 Å². The Morgan fingerprint density at radius 2 is 1.80 bits per heavy atom. The molecule has 3 aromatic carbocycles. The number of nitrogens with one attached hydrogen (secondary N) is 1. The molecule has 0 bridgehead atoms. The number of rotatable bonds is 9. The van der Waals surface area contributed by atoms with E-state index in [1.54, 1.807) is 12.1 Å². The van der Waals surface area contributed by atoms with Crippen molar-refractivity contribution in [3.8, 4) is 0 Å². The van der Waals surface area contributed by atoms with Gasteiger partial charge in [-0.05, 0) is 80.0 Å². The monoisotopic (exact) mass is 570 g/mol. The zero-order chi connectivity index (χ0) is 29.1. The number of sulfonamides is 1. The fourth-order valence-electron chi connectivity index (χ4n) is 5.50. The smallest absolute Gasteiger partial charge is 0.241 e. The lowest BCUT2D eigenvalue weighted by Crippen LogP contribution is -2.33. The SMILES string of the molecule is Cc1ccc(S(=O)(=O)N[C@H]2CCCc3ccc(N(Cc4cnc(C)n4C)C(=O)C[C@@H](C)c4ccccc4)cc32)cc1. The van der Waals surface area contributed by atoms with Crippen LogP contribution in [0.4, 0.5) is 5.69 Å². The molecule has 2 atom stereocenters. The van der Waals surface area contributed by atoms with Crippen LogP contribution in [0.15, 0.2) is 83.9 Å². The van der Waals surface area contributed by atoms with Crippen molar-refractivity contribution in [1.82, 2.24) is 14.3 Å². The summed E-state index contributed by atoms with van der Waals surface area (Å²) >= 11 is 0. The lowest BCUT2D eigenvalue weighted by Gasteiger charge is -2.30. The van der Waals surface area contributed by atoms with E-state index in [-0.39, 0.29) is 22.8 Å². The van der Waals surface area contributed by atoms with Gasteiger partial charge in [0.1, 0.15) is 5.82 Å². The molecule has 41 heavy (non-hydrogen) atoms. The summed E-state index contributed by atoms with van der Waals surface area (Å²) < 4.78 is 31.6. The molecule has 8 heteroatoms. The van der Waals surface area contributed by atoms with Crippen LogP contribution in [0.3, 0.4) is 0 Å². The molecule has 1 heterocycles. The molecule has 5 rings (SSSR count). The first-order valence-electron chi connectivity index (χ1n) is 14.2. The molecule has 0 spiro atoms. The average molecular weight is 571 g/mol. The van der Waals surface area contributed by atoms with Crippen LogP contribution in [0.1, 0.15) is 71.9 Å². The Hall–Kier alpha value is -3.75. The molecule has 7 nitrogen and oxygen atoms in total. The van der Waals surface area contributed by atoms with E-state index in [0.29, 0.717) is 19.4 Å². The first-order chi connectivity index (χ1) is 19.6. The van der Waals surface area contributed by atoms with Crippen LogP contribution in [0.5, 0.6) is 0 Å². The highest BCUT2D eigenvalue weighted by atomic mass is 32.2. The molecule has 1 amide bonds. The lowest BCUT2D eigenvalue weighted by atomic mass is 9.87. The highest BCUT2D eigenvalue weighted by molar-refractivity contribution is 7.89. The Morgan fingerprint density at radius 1 is 1.07 bits per heavy atom. The summed E-state index contributed by atoms with van der Waals surface area (Å²) in [6.45, 7) is 6.32. The highest BCUT2D eigenvalue weighted by Gasteiger charge is 2.28. The maximum Gasteiger partial charge on any atom is 0.241 e. The summed E-state index contributed by atoms with van der Waals surface area (Å²) in [4.78, 5) is 20.4. The van der Waals surface area contributed by atoms with E-state index >= 15 is 0 Å². The second kappa shape index (κ2) is 12.0. The van der Waals surface area contributed by atoms with E-state index in [0.717, 1.165) is 52.3 Å². The minimum Gasteiger partial charge on any atom is -0.334 e. The molecule has 1 N–H and O–H groups in total. The molecule has 0 saturated heterocycles. The molecule has 0 fully saturated rings. The van der Waals surface area contributed by atoms with Gasteiger partial charge in [0, 0.05) is 25.2 Å². The molecule has 0 saturated carbocycles. The van der Waals surface area contributed by atoms with E-state index in [4.69, 9.17) is 0 Å². The fraction of sp³-hybridized carbons (Fsp3) is 0.333. The zero-order valence-corrected chi connectivity index (χ0v) is 25.0. The summed E-state index contributed by atoms with van der Waals surface area (Å²) in [5, 5.41) is 0. The predicted octanol–water partition coefficient (Wildman–Crippen LogP) is 6.12. The van der Waals surface area contributed by atoms with Crippen molar-refractivity contribution in [3.05, 3.63) is 113 Å². The predicted molar refractivity (Wildman–Crippen MR) is 162 cm³/mol. The molecular formula is C33H38N4O3S. The largest absolute Gasteiger partial charge is 0.334 e. The molecule has 1 aromatic heterocycles. The molecule has 1 aliphatic rings. The number of imidazole rings is 1. The van der Waals surface area contributed by atoms with Crippen molar-refractivity contribution in [1.29, 1.82) is 0 Å². The number of aryl methyl sites for hydroxylation is 3. The second-order valence-electron chi connectivity index (χ2n) is 11.1. The maximum absolute atomic E-state index is 13.9. The van der Waals surface area contributed by atoms with Gasteiger partial charge >= 0.3 is 0 Å². The number of carbonyl (C=O) groups is 1. The number of fused-ring (bicyclic) bond motifs is 1. The number of benzene rings is 3. The molecule has 0 aliphatic heterocycles. The van der Waals surface area contributed by atoms with Gasteiger partial charge in [-0.2, -0.15) is 0 Å². The Balaban J connectivity index is 1.47. The second-order valence-corrected chi connectivity index (χ2v) is 12.8. The minimum atomic E-state index is -3.71. The quantitative estimate of drug-likeness (QED) is 0.263. The standard InChI is InChI=1S/C33H38N4O3S/c1-23-13-17-30(18-14-23)41(39,40)35-32-12-8-11-27-15-16-28(20-31(27)32)37(22-29-21-34-25(3)36(29)4)33(38)19-24(2)26-9-6-5-7-10-26/h5-7,9-10,13-18,20-21,24,32,35H,8,11-12,19,22H2,1-4H3/t24-,32+/m1/s1. The number of hydrogen-bond acceptors (Lipinski definition) is 4. The fourth-order valence-corrected chi connectivity index (χ4v) is 6.75. The molecule has 214 valence electrons. The number of anilines is 1. The van der Waals surface area contributed by atoms with E-state index < -0.39 is 10.0 Å². The van der Waals surface area contributed by atoms with Crippen molar-refractivity contribution < 1.29 is 13.2 Å². The third kappa shape index (κ3) is 6.44. The number of hydrogen-bond donors (Lipinski definition) is 1. The van der Waals surface area contributed by atoms with Gasteiger partial charge in [0.25, 0.3) is 0 Å². The van der Waals surface area contributed by atoms with E-state index in [1.165, 1.54) is 0 Å². The van der Waals surface area contributed by atoms with Crippen LogP contribution < -0.4 is 9.62 Å². The van der Waals surface area contributed by atoms with Crippen molar-refractivity contribution in [2.24, 2.45) is 7.05 Å². The number of amides is 1. The van der Waals surface area contributed by atoms with Crippen LogP contribution >= 0.6 is 0 Å². The minimum absolute atomic E-state index is 0.00718. The van der Waals surface area contributed by atoms with Gasteiger partial charge in [0.2, 0.25) is 15.9 Å². The summed E-state index contributed by atoms with van der Waals surface area (Å²) in [7, 11) is -1.75. The zero-order valence-electron chi connectivity index (χ0n) is 24.2. The van der Waals surface area contributed by atoms with Crippen LogP contribution in [0.25, 0.3) is 0 Å². The molecule has 1 aliphatic carbocycles. The first kappa shape index (κ1) is 28.8. The average Bonchev–Trinajstić information content (AvgIpc) is 3.28. The number of aromatic nitrogens is 2. The summed E-state index contributed by atoms with van der Waals surface area (Å²) in [6, 6.07) is 22.6. The van der Waals surface area contributed by atoms with Gasteiger partial charge in [-0.1, -0.05) is 61.0 Å². The number of carbonyl (C=O) groups excluding carboxylic acids is 1. The normalized spacial score (nSPS) is 15.8. The molecular weight excluding hydrogens is 532 g/mol. The molecule has 0 unspecified atom stereocenters. The van der Waals surface area contributed by atoms with Gasteiger partial charge in [0.05, 0.1) is 23.3 Å². The summed E-state index contributed by atoms with van der Waals surface area (Å²) in [5.41, 5.74) is 5.85. The summed E-state index contributed by atoms with van der Waals surface area (Å²) in [6.07, 6.45) is 4.62. The van der Waals surface area contributed by atoms with Gasteiger partial charge in [-0.15, -0.1) is 0 Å². The topological polar surface area (TPSA) is 84.3 Å². The van der Waals surface area contributed by atoms with Crippen LogP contribution in [-0.4, -0.2) is 23.9 Å². The van der Waals surface area contributed by atoms with Crippen molar-refractivity contribution in [2.45, 2.75) is 69.9 Å². The first-order valence-corrected chi connectivity index (χ1v) is 15.6. The Morgan fingerprint density at radius 3 is 2.49 bits per heavy atom. The van der Waals surface area contributed by atoms with Crippen molar-refractivity contribution >= 4 is 21.6 Å². The lowest BCUT2D eigenvalue weighted by molar-refractivity contribution is -0.119. The van der Waals surface area contributed by atoms with E-state index in [9.17, 15) is 13.2 Å². The highest BCUT2D eigenvalue weighted by Crippen LogP contribution is 2.35. The number of nitrogens with zero attached hydrogens (tertiary/aromatic N) is 3. The third-order valence-electron chi connectivity index (χ3n) is 8.17. The molecule has 4 aromatic rings. The summed E-state index contributed by atoms with van der Waals surface area (Å²) in [5.74, 6) is 0.931. The van der Waals surface area contributed by atoms with Gasteiger partial charge in [0.15, 0.2) is 0 Å². The van der Waals surface area contributed by atoms with Gasteiger partial charge in [-0.3, -0.25) is 4.79 Å². The van der Waals surface area contributed by atoms with Crippen LogP contribution in [0.2, 0.25) is 0 Å². The Kier molecular flexibility index (Phi) is 8.42. The van der Waals surface area contributed by atoms with Crippen LogP contribution in [-0.2, 0) is 34.8 Å². The van der Waals surface area contributed by atoms with Gasteiger partial charge < -0.3 is 9.47 Å². The van der Waals surface area contributed by atoms with Crippen LogP contribution in [0, 0.1) is 13.8 Å². The third-order valence-corrected chi connectivity index (χ3v) is 9.66. The molecule has 0 radical (unpaired) electrons. The maximum atomic E-state index is 13.9. The van der Waals surface area contributed by atoms with Crippen molar-refractivity contribution in [2.75, 3.05) is 4.90 Å². The Bertz CT molecular complexity index is 1630. The Labute approximate surface area is 243 Å².